The number of fused-ring (bicyclic) bond motifs is 1. The maximum absolute atomic E-state index is 13.6. The first-order valence-electron chi connectivity index (χ1n) is 10.7. The Balaban J connectivity index is 2.09. The van der Waals surface area contributed by atoms with Gasteiger partial charge in [0, 0.05) is 46.4 Å². The van der Waals surface area contributed by atoms with Gasteiger partial charge in [-0.3, -0.25) is 14.7 Å². The van der Waals surface area contributed by atoms with Crippen molar-refractivity contribution in [3.05, 3.63) is 70.5 Å². The molecule has 178 valence electrons. The predicted octanol–water partition coefficient (Wildman–Crippen LogP) is 5.43. The van der Waals surface area contributed by atoms with Gasteiger partial charge in [-0.25, -0.2) is 9.59 Å². The van der Waals surface area contributed by atoms with E-state index in [-0.39, 0.29) is 5.91 Å². The summed E-state index contributed by atoms with van der Waals surface area (Å²) in [6, 6.07) is 6.66. The lowest BCUT2D eigenvalue weighted by atomic mass is 10.0. The first kappa shape index (κ1) is 25.2. The van der Waals surface area contributed by atoms with Gasteiger partial charge in [0.25, 0.3) is 5.91 Å². The first-order chi connectivity index (χ1) is 15.7. The van der Waals surface area contributed by atoms with E-state index in [9.17, 15) is 14.4 Å². The Kier molecular flexibility index (Phi) is 6.98. The van der Waals surface area contributed by atoms with Crippen molar-refractivity contribution in [2.45, 2.75) is 52.7 Å². The molecule has 34 heavy (non-hydrogen) atoms. The number of esters is 2. The lowest BCUT2D eigenvalue weighted by Gasteiger charge is -2.21. The molecule has 3 rings (SSSR count). The number of halogens is 1. The van der Waals surface area contributed by atoms with E-state index in [0.717, 1.165) is 0 Å². The Morgan fingerprint density at radius 2 is 1.53 bits per heavy atom. The van der Waals surface area contributed by atoms with Gasteiger partial charge in [-0.2, -0.15) is 0 Å². The van der Waals surface area contributed by atoms with Crippen LogP contribution in [0.3, 0.4) is 0 Å². The van der Waals surface area contributed by atoms with Gasteiger partial charge in [0.05, 0.1) is 11.3 Å². The largest absolute Gasteiger partial charge is 0.457 e. The molecular weight excluding hydrogens is 456 g/mol. The number of anilines is 1. The van der Waals surface area contributed by atoms with Gasteiger partial charge in [0.1, 0.15) is 11.2 Å². The molecule has 0 aliphatic carbocycles. The van der Waals surface area contributed by atoms with Crippen molar-refractivity contribution < 1.29 is 23.9 Å². The number of ether oxygens (including phenoxy) is 2. The number of benzene rings is 1. The normalized spacial score (nSPS) is 15.1. The van der Waals surface area contributed by atoms with E-state index in [4.69, 9.17) is 21.1 Å². The van der Waals surface area contributed by atoms with Crippen molar-refractivity contribution in [1.82, 2.24) is 4.98 Å². The van der Waals surface area contributed by atoms with Crippen molar-refractivity contribution in [3.8, 4) is 0 Å². The molecule has 1 aliphatic heterocycles. The Morgan fingerprint density at radius 1 is 0.941 bits per heavy atom. The van der Waals surface area contributed by atoms with Crippen molar-refractivity contribution in [2.75, 3.05) is 4.90 Å². The second-order valence-electron chi connectivity index (χ2n) is 9.70. The molecule has 8 heteroatoms. The molecule has 1 aromatic carbocycles. The maximum Gasteiger partial charge on any atom is 0.333 e. The second-order valence-corrected chi connectivity index (χ2v) is 10.1. The summed E-state index contributed by atoms with van der Waals surface area (Å²) in [7, 11) is 0. The van der Waals surface area contributed by atoms with Crippen molar-refractivity contribution >= 4 is 46.9 Å². The summed E-state index contributed by atoms with van der Waals surface area (Å²) in [4.78, 5) is 44.0. The van der Waals surface area contributed by atoms with Crippen LogP contribution in [0.2, 0.25) is 5.02 Å². The van der Waals surface area contributed by atoms with Gasteiger partial charge in [0.2, 0.25) is 0 Å². The third-order valence-corrected chi connectivity index (χ3v) is 4.71. The topological polar surface area (TPSA) is 85.8 Å². The van der Waals surface area contributed by atoms with Crippen LogP contribution in [0.25, 0.3) is 11.8 Å². The van der Waals surface area contributed by atoms with Crippen LogP contribution in [0.1, 0.15) is 63.0 Å². The van der Waals surface area contributed by atoms with E-state index < -0.39 is 23.1 Å². The molecular formula is C26H27ClN2O5. The molecule has 0 saturated heterocycles. The quantitative estimate of drug-likeness (QED) is 0.426. The molecule has 0 bridgehead atoms. The summed E-state index contributed by atoms with van der Waals surface area (Å²) in [6.45, 7) is 10.6. The number of hydrogen-bond donors (Lipinski definition) is 0. The molecule has 1 amide bonds. The zero-order valence-corrected chi connectivity index (χ0v) is 20.8. The molecule has 1 aliphatic rings. The molecule has 7 nitrogen and oxygen atoms in total. The van der Waals surface area contributed by atoms with Crippen molar-refractivity contribution in [2.24, 2.45) is 0 Å². The van der Waals surface area contributed by atoms with Gasteiger partial charge in [-0.1, -0.05) is 11.6 Å². The molecule has 2 aromatic rings. The highest BCUT2D eigenvalue weighted by Gasteiger charge is 2.36. The number of hydrogen-bond acceptors (Lipinski definition) is 6. The third-order valence-electron chi connectivity index (χ3n) is 4.46. The minimum absolute atomic E-state index is 0.305. The minimum Gasteiger partial charge on any atom is -0.457 e. The Bertz CT molecular complexity index is 1190. The molecule has 1 aromatic heterocycles. The Morgan fingerprint density at radius 3 is 2.12 bits per heavy atom. The van der Waals surface area contributed by atoms with E-state index >= 15 is 0 Å². The molecule has 0 radical (unpaired) electrons. The number of carbonyl (C=O) groups excluding carboxylic acids is 3. The zero-order chi connectivity index (χ0) is 25.3. The number of carbonyl (C=O) groups is 3. The maximum atomic E-state index is 13.6. The fourth-order valence-corrected chi connectivity index (χ4v) is 3.43. The van der Waals surface area contributed by atoms with Gasteiger partial charge in [-0.15, -0.1) is 0 Å². The third kappa shape index (κ3) is 6.11. The number of nitrogens with zero attached hydrogens (tertiary/aromatic N) is 2. The van der Waals surface area contributed by atoms with E-state index in [0.29, 0.717) is 33.1 Å². The minimum atomic E-state index is -0.707. The molecule has 2 heterocycles. The number of amides is 1. The summed E-state index contributed by atoms with van der Waals surface area (Å²) in [5, 5.41) is 0.508. The van der Waals surface area contributed by atoms with Crippen molar-refractivity contribution in [3.63, 3.8) is 0 Å². The highest BCUT2D eigenvalue weighted by atomic mass is 35.5. The highest BCUT2D eigenvalue weighted by molar-refractivity contribution is 6.31. The zero-order valence-electron chi connectivity index (χ0n) is 20.0. The van der Waals surface area contributed by atoms with Gasteiger partial charge in [0.15, 0.2) is 0 Å². The summed E-state index contributed by atoms with van der Waals surface area (Å²) in [5.41, 5.74) is 0.639. The predicted molar refractivity (Wildman–Crippen MR) is 131 cm³/mol. The highest BCUT2D eigenvalue weighted by Crippen LogP contribution is 2.38. The summed E-state index contributed by atoms with van der Waals surface area (Å²) in [5.74, 6) is -1.52. The SMILES string of the molecule is CC(C)(C)OC(=O)/C=C/c1cncc2c1C(=O)N(c1ccc(Cl)cc1)/C2=C/C(=O)OC(C)(C)C. The van der Waals surface area contributed by atoms with Gasteiger partial charge < -0.3 is 9.47 Å². The average molecular weight is 483 g/mol. The lowest BCUT2D eigenvalue weighted by Crippen LogP contribution is -2.25. The van der Waals surface area contributed by atoms with Crippen LogP contribution in [0.15, 0.2) is 48.8 Å². The monoisotopic (exact) mass is 482 g/mol. The van der Waals surface area contributed by atoms with Crippen LogP contribution >= 0.6 is 11.6 Å². The second kappa shape index (κ2) is 9.43. The van der Waals surface area contributed by atoms with E-state index in [1.165, 1.54) is 35.5 Å². The fourth-order valence-electron chi connectivity index (χ4n) is 3.30. The van der Waals surface area contributed by atoms with Crippen LogP contribution in [0.5, 0.6) is 0 Å². The fraction of sp³-hybridized carbons (Fsp3) is 0.308. The van der Waals surface area contributed by atoms with Gasteiger partial charge >= 0.3 is 11.9 Å². The molecule has 0 atom stereocenters. The summed E-state index contributed by atoms with van der Waals surface area (Å²) >= 11 is 6.02. The van der Waals surface area contributed by atoms with E-state index in [2.05, 4.69) is 4.98 Å². The van der Waals surface area contributed by atoms with Gasteiger partial charge in [-0.05, 0) is 71.9 Å². The number of pyridine rings is 1. The molecule has 0 unspecified atom stereocenters. The first-order valence-corrected chi connectivity index (χ1v) is 11.1. The molecule has 0 spiro atoms. The molecule has 0 fully saturated rings. The smallest absolute Gasteiger partial charge is 0.333 e. The Hall–Kier alpha value is -3.45. The van der Waals surface area contributed by atoms with Crippen LogP contribution in [-0.2, 0) is 19.1 Å². The average Bonchev–Trinajstić information content (AvgIpc) is 2.97. The lowest BCUT2D eigenvalue weighted by molar-refractivity contribution is -0.149. The Labute approximate surface area is 204 Å². The molecule has 0 saturated carbocycles. The standard InChI is InChI=1S/C26H27ClN2O5/c1-25(2,3)33-21(30)12-7-16-14-28-15-19-20(13-22(31)34-26(4,5)6)29(24(32)23(16)19)18-10-8-17(27)9-11-18/h7-15H,1-6H3/b12-7+,20-13+. The van der Waals surface area contributed by atoms with Crippen molar-refractivity contribution in [1.29, 1.82) is 0 Å². The summed E-state index contributed by atoms with van der Waals surface area (Å²) in [6.07, 6.45) is 6.98. The van der Waals surface area contributed by atoms with Crippen LogP contribution in [0, 0.1) is 0 Å². The van der Waals surface area contributed by atoms with Crippen LogP contribution in [-0.4, -0.2) is 34.0 Å². The molecule has 0 N–H and O–H groups in total. The summed E-state index contributed by atoms with van der Waals surface area (Å²) < 4.78 is 10.7. The van der Waals surface area contributed by atoms with E-state index in [1.807, 2.05) is 0 Å². The number of rotatable bonds is 4. The number of aromatic nitrogens is 1. The van der Waals surface area contributed by atoms with E-state index in [1.54, 1.807) is 65.8 Å². The van der Waals surface area contributed by atoms with Crippen LogP contribution in [0.4, 0.5) is 5.69 Å². The van der Waals surface area contributed by atoms with Crippen LogP contribution < -0.4 is 4.90 Å².